The zero-order valence-electron chi connectivity index (χ0n) is 27.2. The molecule has 1 aliphatic heterocycles. The summed E-state index contributed by atoms with van der Waals surface area (Å²) in [6.45, 7) is 4.44. The molecule has 264 valence electrons. The van der Waals surface area contributed by atoms with Crippen LogP contribution in [0.25, 0.3) is 11.2 Å². The van der Waals surface area contributed by atoms with E-state index in [-0.39, 0.29) is 28.7 Å². The number of anilines is 1. The van der Waals surface area contributed by atoms with Crippen LogP contribution in [0.3, 0.4) is 0 Å². The predicted octanol–water partition coefficient (Wildman–Crippen LogP) is 0.890. The number of esters is 2. The Balaban J connectivity index is 1.86. The second-order valence-corrected chi connectivity index (χ2v) is 15.5. The first kappa shape index (κ1) is 38.2. The van der Waals surface area contributed by atoms with Crippen molar-refractivity contribution in [2.24, 2.45) is 0 Å². The summed E-state index contributed by atoms with van der Waals surface area (Å²) >= 11 is 0.579. The molecule has 19 nitrogen and oxygen atoms in total. The predicted molar refractivity (Wildman–Crippen MR) is 167 cm³/mol. The molecule has 0 saturated carbocycles. The Morgan fingerprint density at radius 2 is 1.79 bits per heavy atom. The van der Waals surface area contributed by atoms with Crippen molar-refractivity contribution in [2.75, 3.05) is 32.3 Å². The number of rotatable bonds is 15. The Kier molecular flexibility index (Phi) is 12.8. The first-order chi connectivity index (χ1) is 21.9. The normalized spacial score (nSPS) is 23.7. The third-order valence-corrected chi connectivity index (χ3v) is 10.7. The van der Waals surface area contributed by atoms with Gasteiger partial charge in [0, 0.05) is 5.75 Å². The number of aliphatic hydroxyl groups is 2. The molecule has 0 bridgehead atoms. The first-order valence-electron chi connectivity index (χ1n) is 14.4. The fraction of sp³-hybridized carbons (Fsp3) is 0.692. The highest BCUT2D eigenvalue weighted by Crippen LogP contribution is 2.57. The van der Waals surface area contributed by atoms with Crippen LogP contribution < -0.4 is 20.9 Å². The lowest BCUT2D eigenvalue weighted by atomic mass is 9.96. The number of aliphatic hydroxyl groups excluding tert-OH is 1. The number of carbonyl (C=O) groups is 3. The van der Waals surface area contributed by atoms with Crippen molar-refractivity contribution < 1.29 is 57.4 Å². The van der Waals surface area contributed by atoms with E-state index in [1.54, 1.807) is 27.7 Å². The van der Waals surface area contributed by atoms with Gasteiger partial charge in [0.25, 0.3) is 0 Å². The molecule has 0 radical (unpaired) electrons. The molecule has 2 aromatic rings. The summed E-state index contributed by atoms with van der Waals surface area (Å²) in [7, 11) is 2.47. The number of methoxy groups -OCH3 is 2. The highest BCUT2D eigenvalue weighted by atomic mass is 32.7. The van der Waals surface area contributed by atoms with Gasteiger partial charge >= 0.3 is 24.8 Å². The maximum atomic E-state index is 14.2. The number of ether oxygens (including phenoxy) is 5. The summed E-state index contributed by atoms with van der Waals surface area (Å²) in [6, 6.07) is -2.49. The molecule has 2 unspecified atom stereocenters. The molecule has 2 aromatic heterocycles. The minimum absolute atomic E-state index is 0.0794. The number of nitrogen functional groups attached to an aromatic ring is 1. The van der Waals surface area contributed by atoms with E-state index in [2.05, 4.69) is 30.1 Å². The summed E-state index contributed by atoms with van der Waals surface area (Å²) in [5.41, 5.74) is 4.22. The van der Waals surface area contributed by atoms with E-state index in [0.29, 0.717) is 11.4 Å². The summed E-state index contributed by atoms with van der Waals surface area (Å²) in [5, 5.41) is 27.4. The Bertz CT molecular complexity index is 1480. The fourth-order valence-electron chi connectivity index (χ4n) is 4.36. The van der Waals surface area contributed by atoms with Crippen LogP contribution in [0.1, 0.15) is 47.8 Å². The molecule has 47 heavy (non-hydrogen) atoms. The number of nitrogens with two attached hydrogens (primary N) is 1. The van der Waals surface area contributed by atoms with Gasteiger partial charge in [0.15, 0.2) is 17.4 Å². The van der Waals surface area contributed by atoms with E-state index in [1.165, 1.54) is 31.9 Å². The van der Waals surface area contributed by atoms with Gasteiger partial charge in [-0.05, 0) is 41.5 Å². The molecule has 0 spiro atoms. The number of fused-ring (bicyclic) bond motifs is 1. The molecular formula is C26H42N7O12PS. The quantitative estimate of drug-likeness (QED) is 0.0978. The minimum atomic E-state index is -4.19. The van der Waals surface area contributed by atoms with Crippen molar-refractivity contribution in [2.45, 2.75) is 89.9 Å². The average Bonchev–Trinajstić information content (AvgIpc) is 3.49. The number of imidazole rings is 1. The van der Waals surface area contributed by atoms with Crippen LogP contribution in [0, 0.1) is 0 Å². The SMILES string of the molecule is COC(=O)NC(CS[P@](=O)(N[C@@H](C)C(=O)OC(C)C)OC[C@H]1OC(n2cnc3c(OC)nc(N)nc32)[C@](C)(O)[C@@H]1O)C(=O)OC(C)C. The number of aromatic nitrogens is 4. The standard InChI is InChI=1S/C26H42N7O12PS/c1-12(2)43-21(35)14(5)32-46(39,47-10-15(29-25(37)41-8)22(36)44-13(3)4)42-9-16-18(34)26(6,38)23(45-16)33-11-28-17-19(33)30-24(27)31-20(17)40-7/h11-16,18,23,34,38H,9-10H2,1-8H3,(H,29,37)(H,32,39)(H2,27,30,31)/t14-,15?,16+,18+,23?,26+,46-/m0/s1. The Labute approximate surface area is 274 Å². The number of nitrogens with zero attached hydrogens (tertiary/aromatic N) is 4. The van der Waals surface area contributed by atoms with Crippen molar-refractivity contribution in [1.82, 2.24) is 29.9 Å². The minimum Gasteiger partial charge on any atom is -0.479 e. The van der Waals surface area contributed by atoms with E-state index in [1.807, 2.05) is 0 Å². The zero-order chi connectivity index (χ0) is 35.3. The van der Waals surface area contributed by atoms with Gasteiger partial charge < -0.3 is 49.5 Å². The highest BCUT2D eigenvalue weighted by molar-refractivity contribution is 8.56. The molecule has 1 saturated heterocycles. The van der Waals surface area contributed by atoms with Crippen LogP contribution in [0.2, 0.25) is 0 Å². The number of hydrogen-bond acceptors (Lipinski definition) is 17. The molecule has 1 amide bonds. The van der Waals surface area contributed by atoms with Gasteiger partial charge in [-0.25, -0.2) is 19.7 Å². The van der Waals surface area contributed by atoms with Gasteiger partial charge in [-0.3, -0.25) is 13.9 Å². The summed E-state index contributed by atoms with van der Waals surface area (Å²) in [4.78, 5) is 49.6. The Morgan fingerprint density at radius 3 is 2.38 bits per heavy atom. The van der Waals surface area contributed by atoms with Gasteiger partial charge in [-0.2, -0.15) is 9.97 Å². The van der Waals surface area contributed by atoms with Gasteiger partial charge in [0.2, 0.25) is 11.8 Å². The molecular weight excluding hydrogens is 665 g/mol. The van der Waals surface area contributed by atoms with E-state index >= 15 is 0 Å². The molecule has 6 N–H and O–H groups in total. The van der Waals surface area contributed by atoms with Gasteiger partial charge in [-0.1, -0.05) is 11.4 Å². The summed E-state index contributed by atoms with van der Waals surface area (Å²) in [6.07, 6.45) is -4.80. The monoisotopic (exact) mass is 707 g/mol. The lowest BCUT2D eigenvalue weighted by molar-refractivity contribution is -0.150. The second kappa shape index (κ2) is 15.8. The van der Waals surface area contributed by atoms with Crippen LogP contribution in [0.4, 0.5) is 10.7 Å². The molecule has 1 fully saturated rings. The number of amides is 1. The lowest BCUT2D eigenvalue weighted by Gasteiger charge is -2.27. The molecule has 0 aromatic carbocycles. The van der Waals surface area contributed by atoms with E-state index < -0.39 is 79.7 Å². The molecule has 1 aliphatic rings. The summed E-state index contributed by atoms with van der Waals surface area (Å²) < 4.78 is 47.5. The van der Waals surface area contributed by atoms with Crippen LogP contribution in [-0.4, -0.2) is 116 Å². The van der Waals surface area contributed by atoms with Gasteiger partial charge in [-0.15, -0.1) is 0 Å². The van der Waals surface area contributed by atoms with Crippen LogP contribution >= 0.6 is 18.1 Å². The Hall–Kier alpha value is -3.26. The molecule has 21 heteroatoms. The highest BCUT2D eigenvalue weighted by Gasteiger charge is 2.54. The average molecular weight is 708 g/mol. The molecule has 3 rings (SSSR count). The third kappa shape index (κ3) is 9.43. The largest absolute Gasteiger partial charge is 0.479 e. The molecule has 3 heterocycles. The van der Waals surface area contributed by atoms with Crippen molar-refractivity contribution in [1.29, 1.82) is 0 Å². The topological polar surface area (TPSA) is 258 Å². The van der Waals surface area contributed by atoms with E-state index in [0.717, 1.165) is 7.11 Å². The maximum Gasteiger partial charge on any atom is 0.407 e. The molecule has 7 atom stereocenters. The van der Waals surface area contributed by atoms with Crippen molar-refractivity contribution >= 4 is 53.2 Å². The smallest absolute Gasteiger partial charge is 0.407 e. The number of alkyl carbamates (subject to hydrolysis) is 1. The second-order valence-electron chi connectivity index (χ2n) is 11.2. The zero-order valence-corrected chi connectivity index (χ0v) is 28.9. The van der Waals surface area contributed by atoms with Gasteiger partial charge in [0.1, 0.15) is 29.9 Å². The van der Waals surface area contributed by atoms with Crippen molar-refractivity contribution in [3.63, 3.8) is 0 Å². The number of carbonyl (C=O) groups excluding carboxylic acids is 3. The fourth-order valence-corrected chi connectivity index (χ4v) is 8.21. The lowest BCUT2D eigenvalue weighted by Crippen LogP contribution is -2.45. The third-order valence-electron chi connectivity index (χ3n) is 6.60. The Morgan fingerprint density at radius 1 is 1.15 bits per heavy atom. The number of hydrogen-bond donors (Lipinski definition) is 5. The first-order valence-corrected chi connectivity index (χ1v) is 17.7. The van der Waals surface area contributed by atoms with Crippen LogP contribution in [0.15, 0.2) is 6.33 Å². The van der Waals surface area contributed by atoms with Crippen molar-refractivity contribution in [3.8, 4) is 5.88 Å². The van der Waals surface area contributed by atoms with Gasteiger partial charge in [0.05, 0.1) is 39.4 Å². The molecule has 0 aliphatic carbocycles. The summed E-state index contributed by atoms with van der Waals surface area (Å²) in [5.74, 6) is -1.98. The van der Waals surface area contributed by atoms with E-state index in [4.69, 9.17) is 29.2 Å². The van der Waals surface area contributed by atoms with Crippen LogP contribution in [-0.2, 0) is 37.6 Å². The maximum absolute atomic E-state index is 14.2. The van der Waals surface area contributed by atoms with Crippen LogP contribution in [0.5, 0.6) is 5.88 Å². The van der Waals surface area contributed by atoms with Crippen molar-refractivity contribution in [3.05, 3.63) is 6.33 Å². The van der Waals surface area contributed by atoms with E-state index in [9.17, 15) is 29.2 Å². The number of nitrogens with one attached hydrogen (secondary N) is 2.